The van der Waals surface area contributed by atoms with Gasteiger partial charge in [0.05, 0.1) is 24.2 Å². The maximum Gasteiger partial charge on any atom is 0.335 e. The van der Waals surface area contributed by atoms with Crippen LogP contribution in [0.1, 0.15) is 252 Å². The number of nitrogens with zero attached hydrogens (tertiary/aromatic N) is 4. The van der Waals surface area contributed by atoms with E-state index in [0.717, 1.165) is 51.4 Å². The van der Waals surface area contributed by atoms with Crippen LogP contribution < -0.4 is 18.9 Å². The summed E-state index contributed by atoms with van der Waals surface area (Å²) in [6, 6.07) is 13.0. The molecule has 0 spiro atoms. The number of unbranched alkanes of at least 4 members (excludes halogenated alkanes) is 2. The van der Waals surface area contributed by atoms with Gasteiger partial charge in [-0.2, -0.15) is 0 Å². The van der Waals surface area contributed by atoms with Crippen LogP contribution in [0.2, 0.25) is 25.2 Å². The maximum absolute atomic E-state index is 13.5. The number of hydrogen-bond donors (Lipinski definition) is 4. The van der Waals surface area contributed by atoms with Gasteiger partial charge in [0, 0.05) is 134 Å². The van der Waals surface area contributed by atoms with Gasteiger partial charge in [-0.05, 0) is 150 Å². The van der Waals surface area contributed by atoms with E-state index in [4.69, 9.17) is 56.6 Å². The van der Waals surface area contributed by atoms with Gasteiger partial charge >= 0.3 is 41.0 Å². The van der Waals surface area contributed by atoms with Crippen LogP contribution in [0, 0.1) is 0 Å². The van der Waals surface area contributed by atoms with Crippen LogP contribution in [-0.2, 0) is 58.5 Å². The smallest absolute Gasteiger partial charge is 0.335 e. The summed E-state index contributed by atoms with van der Waals surface area (Å²) in [4.78, 5) is 73.4. The third-order valence-electron chi connectivity index (χ3n) is 18.2. The molecule has 6 rings (SSSR count). The fraction of sp³-hybridized carbons (Fsp3) is 0.595. The summed E-state index contributed by atoms with van der Waals surface area (Å²) in [5.74, 6) is -0.534. The van der Waals surface area contributed by atoms with Gasteiger partial charge in [0.15, 0.2) is 0 Å². The molecule has 2 fully saturated rings. The first kappa shape index (κ1) is 82.9. The largest absolute Gasteiger partial charge is 0.507 e. The predicted octanol–water partition coefficient (Wildman–Crippen LogP) is 16.7. The number of aliphatic imine (C=N–C) groups is 4. The van der Waals surface area contributed by atoms with E-state index in [9.17, 15) is 39.6 Å². The highest BCUT2D eigenvalue weighted by atomic mass is 28.4. The number of ether oxygens (including phenoxy) is 4. The van der Waals surface area contributed by atoms with Gasteiger partial charge in [0.1, 0.15) is 46.0 Å². The molecule has 4 aromatic rings. The summed E-state index contributed by atoms with van der Waals surface area (Å²) in [6.07, 6.45) is 14.9. The SMILES string of the molecule is CCO[Si](C)(CCC(=O)Oc1cc(C=N[C@@H]2CCCCC2N=Cc2cc(OC(=O)CCCCCC(=O)Oc3cc(C=NC4CCCC[C@H]4N=Cc4cc(OC(=O)CC[Si](C)(OCC)OCC)cc(C(C)(C)C)c4O)c(O)c(C(C)(C)C)c3)cc(C(C)(C)C)c2O)c(O)c(C(C)(C)C)c1)OCC. The molecule has 0 radical (unpaired) electrons. The number of esters is 4. The highest BCUT2D eigenvalue weighted by Crippen LogP contribution is 2.42. The quantitative estimate of drug-likeness (QED) is 0.0116. The van der Waals surface area contributed by atoms with Crippen molar-refractivity contribution in [1.82, 2.24) is 0 Å². The monoisotopic (exact) mass is 1430 g/mol. The second-order valence-electron chi connectivity index (χ2n) is 31.0. The molecule has 4 aromatic carbocycles. The Labute approximate surface area is 602 Å². The molecule has 2 aliphatic rings. The maximum atomic E-state index is 13.5. The number of aromatic hydroxyl groups is 4. The van der Waals surface area contributed by atoms with Gasteiger partial charge in [-0.3, -0.25) is 39.1 Å². The predicted molar refractivity (Wildman–Crippen MR) is 404 cm³/mol. The zero-order chi connectivity index (χ0) is 74.7. The van der Waals surface area contributed by atoms with E-state index in [2.05, 4.69) is 0 Å². The molecule has 22 heteroatoms. The Morgan fingerprint density at radius 2 is 0.594 bits per heavy atom. The zero-order valence-corrected chi connectivity index (χ0v) is 65.6. The molecule has 0 heterocycles. The van der Waals surface area contributed by atoms with Crippen LogP contribution >= 0.6 is 0 Å². The van der Waals surface area contributed by atoms with E-state index in [1.165, 1.54) is 0 Å². The molecule has 0 aromatic heterocycles. The van der Waals surface area contributed by atoms with Crippen molar-refractivity contribution >= 4 is 65.9 Å². The fourth-order valence-corrected chi connectivity index (χ4v) is 17.2. The Balaban J connectivity index is 1.08. The lowest BCUT2D eigenvalue weighted by atomic mass is 9.85. The van der Waals surface area contributed by atoms with Gasteiger partial charge in [-0.1, -0.05) is 115 Å². The molecule has 4 atom stereocenters. The first-order valence-electron chi connectivity index (χ1n) is 36.4. The van der Waals surface area contributed by atoms with E-state index >= 15 is 0 Å². The molecule has 0 aliphatic heterocycles. The normalized spacial score (nSPS) is 17.5. The average molecular weight is 1430 g/mol. The molecule has 2 aliphatic carbocycles. The number of phenolic OH excluding ortho intramolecular Hbond substituents is 4. The van der Waals surface area contributed by atoms with E-state index in [-0.39, 0.29) is 84.3 Å². The minimum atomic E-state index is -2.56. The molecule has 2 saturated carbocycles. The molecule has 101 heavy (non-hydrogen) atoms. The van der Waals surface area contributed by atoms with E-state index in [1.807, 2.05) is 124 Å². The van der Waals surface area contributed by atoms with Crippen molar-refractivity contribution in [3.05, 3.63) is 93.0 Å². The van der Waals surface area contributed by atoms with Crippen LogP contribution in [0.25, 0.3) is 0 Å². The minimum Gasteiger partial charge on any atom is -0.507 e. The third-order valence-corrected chi connectivity index (χ3v) is 24.2. The number of carbonyl (C=O) groups excluding carboxylic acids is 4. The van der Waals surface area contributed by atoms with Crippen LogP contribution in [0.15, 0.2) is 68.5 Å². The van der Waals surface area contributed by atoms with Gasteiger partial charge in [-0.15, -0.1) is 0 Å². The molecule has 0 saturated heterocycles. The standard InChI is InChI=1S/C79H116N4O16Si2/c1-19-92-100(17,93-20-2)38-36-70(86)98-58-42-54(74(90)62(46-58)78(11,12)13)50-82-66-32-28-26-30-64(66)80-48-52-40-56(44-60(72(52)88)76(5,6)7)96-68(84)34-24-23-25-35-69(85)97-57-41-53(73(89)61(45-57)77(8,9)10)49-81-65-31-27-29-33-67(65)83-51-55-43-59(47-63(75(55)91)79(14,15)16)99-71(87)37-39-101(18,94-21-3)95-22-4/h40-51,64-67,88-91H,19-39H2,1-18H3/t64?,65?,66-,67-/m1/s1. The van der Waals surface area contributed by atoms with Gasteiger partial charge in [-0.25, -0.2) is 0 Å². The minimum absolute atomic E-state index is 0.0248. The summed E-state index contributed by atoms with van der Waals surface area (Å²) in [7, 11) is -5.12. The van der Waals surface area contributed by atoms with Crippen molar-refractivity contribution < 1.29 is 76.3 Å². The van der Waals surface area contributed by atoms with E-state index in [1.54, 1.807) is 73.4 Å². The van der Waals surface area contributed by atoms with Crippen molar-refractivity contribution in [2.24, 2.45) is 20.0 Å². The van der Waals surface area contributed by atoms with E-state index in [0.29, 0.717) is 114 Å². The van der Waals surface area contributed by atoms with Crippen molar-refractivity contribution in [3.8, 4) is 46.0 Å². The van der Waals surface area contributed by atoms with Crippen LogP contribution in [0.4, 0.5) is 0 Å². The van der Waals surface area contributed by atoms with Crippen molar-refractivity contribution in [2.45, 2.75) is 278 Å². The summed E-state index contributed by atoms with van der Waals surface area (Å²) < 4.78 is 47.4. The number of carbonyl (C=O) groups is 4. The molecule has 2 unspecified atom stereocenters. The molecule has 4 N–H and O–H groups in total. The number of hydrogen-bond acceptors (Lipinski definition) is 20. The molecular formula is C79H116N4O16Si2. The summed E-state index contributed by atoms with van der Waals surface area (Å²) >= 11 is 0. The Bertz CT molecular complexity index is 3350. The molecule has 556 valence electrons. The van der Waals surface area contributed by atoms with Gasteiger partial charge in [0.2, 0.25) is 0 Å². The van der Waals surface area contributed by atoms with Crippen LogP contribution in [0.5, 0.6) is 46.0 Å². The lowest BCUT2D eigenvalue weighted by Gasteiger charge is -2.26. The van der Waals surface area contributed by atoms with Crippen LogP contribution in [0.3, 0.4) is 0 Å². The first-order valence-corrected chi connectivity index (χ1v) is 41.5. The zero-order valence-electron chi connectivity index (χ0n) is 63.6. The lowest BCUT2D eigenvalue weighted by molar-refractivity contribution is -0.135. The van der Waals surface area contributed by atoms with Crippen molar-refractivity contribution in [3.63, 3.8) is 0 Å². The summed E-state index contributed by atoms with van der Waals surface area (Å²) in [5.41, 5.74) is 1.89. The average Bonchev–Trinajstić information content (AvgIpc) is 0.816. The second kappa shape index (κ2) is 36.9. The number of phenols is 4. The molecule has 0 amide bonds. The lowest BCUT2D eigenvalue weighted by Crippen LogP contribution is -2.39. The topological polar surface area (TPSA) is 272 Å². The Morgan fingerprint density at radius 1 is 0.376 bits per heavy atom. The van der Waals surface area contributed by atoms with Crippen molar-refractivity contribution in [1.29, 1.82) is 0 Å². The van der Waals surface area contributed by atoms with Crippen LogP contribution in [-0.4, -0.2) is 137 Å². The highest BCUT2D eigenvalue weighted by molar-refractivity contribution is 6.66. The van der Waals surface area contributed by atoms with Gasteiger partial charge < -0.3 is 57.1 Å². The molecule has 0 bridgehead atoms. The summed E-state index contributed by atoms with van der Waals surface area (Å²) in [6.45, 7) is 37.1. The molecule has 20 nitrogen and oxygen atoms in total. The Hall–Kier alpha value is -7.09. The summed E-state index contributed by atoms with van der Waals surface area (Å²) in [5, 5.41) is 46.5. The highest BCUT2D eigenvalue weighted by Gasteiger charge is 2.35. The second-order valence-corrected chi connectivity index (χ2v) is 37.7. The van der Waals surface area contributed by atoms with Crippen molar-refractivity contribution in [2.75, 3.05) is 26.4 Å². The van der Waals surface area contributed by atoms with Gasteiger partial charge in [0.25, 0.3) is 0 Å². The molecular weight excluding hydrogens is 1320 g/mol. The fourth-order valence-electron chi connectivity index (χ4n) is 12.7. The van der Waals surface area contributed by atoms with E-state index < -0.39 is 62.7 Å². The number of benzene rings is 4. The Kier molecular flexibility index (Phi) is 30.2. The number of rotatable bonds is 32. The Morgan fingerprint density at radius 3 is 0.802 bits per heavy atom. The third kappa shape index (κ3) is 25.1. The first-order chi connectivity index (χ1) is 47.4.